The molecule has 18 heavy (non-hydrogen) atoms. The third-order valence-electron chi connectivity index (χ3n) is 1.89. The number of amides is 1. The van der Waals surface area contributed by atoms with Crippen molar-refractivity contribution in [1.29, 1.82) is 0 Å². The Labute approximate surface area is 105 Å². The van der Waals surface area contributed by atoms with E-state index in [-0.39, 0.29) is 5.69 Å². The van der Waals surface area contributed by atoms with E-state index in [1.807, 2.05) is 0 Å². The van der Waals surface area contributed by atoms with Crippen LogP contribution in [0.25, 0.3) is 0 Å². The fraction of sp³-hybridized carbons (Fsp3) is 0.545. The summed E-state index contributed by atoms with van der Waals surface area (Å²) in [6.07, 6.45) is 2.31. The van der Waals surface area contributed by atoms with E-state index < -0.39 is 17.7 Å². The van der Waals surface area contributed by atoms with Crippen LogP contribution < -0.4 is 5.32 Å². The Morgan fingerprint density at radius 1 is 1.50 bits per heavy atom. The Morgan fingerprint density at radius 3 is 2.67 bits per heavy atom. The fourth-order valence-corrected chi connectivity index (χ4v) is 1.19. The van der Waals surface area contributed by atoms with E-state index >= 15 is 0 Å². The number of hydrogen-bond acceptors (Lipinski definition) is 4. The smallest absolute Gasteiger partial charge is 0.407 e. The molecule has 7 nitrogen and oxygen atoms in total. The molecule has 1 heterocycles. The maximum atomic E-state index is 11.3. The number of aromatic carboxylic acids is 1. The van der Waals surface area contributed by atoms with Crippen LogP contribution in [0.3, 0.4) is 0 Å². The number of carbonyl (C=O) groups excluding carboxylic acids is 1. The number of nitrogens with zero attached hydrogens (tertiary/aromatic N) is 2. The number of rotatable bonds is 4. The van der Waals surface area contributed by atoms with Gasteiger partial charge in [-0.25, -0.2) is 14.6 Å². The summed E-state index contributed by atoms with van der Waals surface area (Å²) in [7, 11) is 0. The number of ether oxygens (including phenoxy) is 1. The molecular formula is C11H17N3O4. The quantitative estimate of drug-likeness (QED) is 0.840. The molecule has 0 radical (unpaired) electrons. The number of nitrogens with one attached hydrogen (secondary N) is 1. The highest BCUT2D eigenvalue weighted by Gasteiger charge is 2.15. The van der Waals surface area contributed by atoms with E-state index in [9.17, 15) is 9.59 Å². The van der Waals surface area contributed by atoms with Crippen molar-refractivity contribution < 1.29 is 19.4 Å². The van der Waals surface area contributed by atoms with Gasteiger partial charge in [-0.2, -0.15) is 0 Å². The largest absolute Gasteiger partial charge is 0.476 e. The van der Waals surface area contributed by atoms with Crippen molar-refractivity contribution in [3.63, 3.8) is 0 Å². The summed E-state index contributed by atoms with van der Waals surface area (Å²) in [5, 5.41) is 11.2. The van der Waals surface area contributed by atoms with Gasteiger partial charge in [0.05, 0.1) is 6.33 Å². The van der Waals surface area contributed by atoms with E-state index in [4.69, 9.17) is 9.84 Å². The van der Waals surface area contributed by atoms with Crippen LogP contribution in [-0.4, -0.2) is 38.9 Å². The van der Waals surface area contributed by atoms with Crippen LogP contribution in [0, 0.1) is 0 Å². The lowest BCUT2D eigenvalue weighted by molar-refractivity contribution is 0.0525. The molecular weight excluding hydrogens is 238 g/mol. The van der Waals surface area contributed by atoms with E-state index in [2.05, 4.69) is 10.3 Å². The van der Waals surface area contributed by atoms with Crippen LogP contribution in [0.2, 0.25) is 0 Å². The number of carboxylic acids is 1. The average Bonchev–Trinajstić information content (AvgIpc) is 2.63. The summed E-state index contributed by atoms with van der Waals surface area (Å²) >= 11 is 0. The molecule has 1 aromatic rings. The summed E-state index contributed by atoms with van der Waals surface area (Å²) in [6.45, 7) is 6.11. The van der Waals surface area contributed by atoms with Gasteiger partial charge in [-0.15, -0.1) is 0 Å². The molecule has 0 aromatic carbocycles. The number of carbonyl (C=O) groups is 2. The average molecular weight is 255 g/mol. The molecule has 0 spiro atoms. The van der Waals surface area contributed by atoms with Gasteiger partial charge in [0.1, 0.15) is 5.60 Å². The molecule has 0 atom stereocenters. The predicted octanol–water partition coefficient (Wildman–Crippen LogP) is 1.11. The Kier molecular flexibility index (Phi) is 4.30. The SMILES string of the molecule is CC(C)(C)OC(=O)NCCn1cnc(C(=O)O)c1. The maximum absolute atomic E-state index is 11.3. The van der Waals surface area contributed by atoms with Gasteiger partial charge < -0.3 is 19.7 Å². The van der Waals surface area contributed by atoms with Crippen molar-refractivity contribution in [2.75, 3.05) is 6.54 Å². The van der Waals surface area contributed by atoms with Gasteiger partial charge in [0.15, 0.2) is 5.69 Å². The highest BCUT2D eigenvalue weighted by Crippen LogP contribution is 2.06. The minimum absolute atomic E-state index is 0.0210. The van der Waals surface area contributed by atoms with Gasteiger partial charge in [-0.1, -0.05) is 0 Å². The zero-order chi connectivity index (χ0) is 13.8. The van der Waals surface area contributed by atoms with Crippen LogP contribution in [0.1, 0.15) is 31.3 Å². The topological polar surface area (TPSA) is 93.5 Å². The first-order valence-corrected chi connectivity index (χ1v) is 5.50. The molecule has 1 amide bonds. The standard InChI is InChI=1S/C11H17N3O4/c1-11(2,3)18-10(17)12-4-5-14-6-8(9(15)16)13-7-14/h6-7H,4-5H2,1-3H3,(H,12,17)(H,15,16). The number of aromatic nitrogens is 2. The molecule has 0 aliphatic heterocycles. The summed E-state index contributed by atoms with van der Waals surface area (Å²) in [6, 6.07) is 0. The van der Waals surface area contributed by atoms with Crippen molar-refractivity contribution in [2.24, 2.45) is 0 Å². The lowest BCUT2D eigenvalue weighted by atomic mass is 10.2. The van der Waals surface area contributed by atoms with Gasteiger partial charge in [0.2, 0.25) is 0 Å². The van der Waals surface area contributed by atoms with Gasteiger partial charge in [-0.05, 0) is 20.8 Å². The Bertz CT molecular complexity index is 434. The summed E-state index contributed by atoms with van der Waals surface area (Å²) in [5.41, 5.74) is -0.553. The number of alkyl carbamates (subject to hydrolysis) is 1. The van der Waals surface area contributed by atoms with Crippen molar-refractivity contribution >= 4 is 12.1 Å². The monoisotopic (exact) mass is 255 g/mol. The highest BCUT2D eigenvalue weighted by atomic mass is 16.6. The number of hydrogen-bond donors (Lipinski definition) is 2. The van der Waals surface area contributed by atoms with E-state index in [1.165, 1.54) is 12.5 Å². The Morgan fingerprint density at radius 2 is 2.17 bits per heavy atom. The molecule has 100 valence electrons. The van der Waals surface area contributed by atoms with E-state index in [0.29, 0.717) is 13.1 Å². The number of imidazole rings is 1. The second-order valence-electron chi connectivity index (χ2n) is 4.73. The zero-order valence-electron chi connectivity index (χ0n) is 10.6. The molecule has 2 N–H and O–H groups in total. The lowest BCUT2D eigenvalue weighted by Crippen LogP contribution is -2.34. The zero-order valence-corrected chi connectivity index (χ0v) is 10.6. The molecule has 0 bridgehead atoms. The third kappa shape index (κ3) is 4.86. The predicted molar refractivity (Wildman–Crippen MR) is 63.4 cm³/mol. The Balaban J connectivity index is 2.33. The fourth-order valence-electron chi connectivity index (χ4n) is 1.19. The molecule has 1 aromatic heterocycles. The highest BCUT2D eigenvalue weighted by molar-refractivity contribution is 5.84. The second kappa shape index (κ2) is 5.52. The van der Waals surface area contributed by atoms with Crippen LogP contribution in [-0.2, 0) is 11.3 Å². The van der Waals surface area contributed by atoms with Crippen LogP contribution in [0.4, 0.5) is 4.79 Å². The number of carboxylic acid groups (broad SMARTS) is 1. The van der Waals surface area contributed by atoms with Gasteiger partial charge in [-0.3, -0.25) is 0 Å². The van der Waals surface area contributed by atoms with E-state index in [1.54, 1.807) is 25.3 Å². The van der Waals surface area contributed by atoms with Crippen molar-refractivity contribution in [2.45, 2.75) is 32.9 Å². The van der Waals surface area contributed by atoms with Crippen LogP contribution in [0.5, 0.6) is 0 Å². The lowest BCUT2D eigenvalue weighted by Gasteiger charge is -2.19. The van der Waals surface area contributed by atoms with Crippen LogP contribution in [0.15, 0.2) is 12.5 Å². The third-order valence-corrected chi connectivity index (χ3v) is 1.89. The molecule has 0 saturated carbocycles. The van der Waals surface area contributed by atoms with Crippen molar-refractivity contribution in [1.82, 2.24) is 14.9 Å². The molecule has 0 aliphatic rings. The summed E-state index contributed by atoms with van der Waals surface area (Å²) in [5.74, 6) is -1.08. The first-order valence-electron chi connectivity index (χ1n) is 5.50. The van der Waals surface area contributed by atoms with Gasteiger partial charge >= 0.3 is 12.1 Å². The second-order valence-corrected chi connectivity index (χ2v) is 4.73. The molecule has 0 aliphatic carbocycles. The maximum Gasteiger partial charge on any atom is 0.407 e. The molecule has 7 heteroatoms. The normalized spacial score (nSPS) is 11.1. The molecule has 0 unspecified atom stereocenters. The Hall–Kier alpha value is -2.05. The van der Waals surface area contributed by atoms with Crippen molar-refractivity contribution in [3.05, 3.63) is 18.2 Å². The molecule has 0 saturated heterocycles. The summed E-state index contributed by atoms with van der Waals surface area (Å²) in [4.78, 5) is 25.6. The van der Waals surface area contributed by atoms with Gasteiger partial charge in [0, 0.05) is 19.3 Å². The minimum atomic E-state index is -1.08. The molecule has 1 rings (SSSR count). The van der Waals surface area contributed by atoms with Gasteiger partial charge in [0.25, 0.3) is 0 Å². The minimum Gasteiger partial charge on any atom is -0.476 e. The first-order chi connectivity index (χ1) is 8.28. The molecule has 0 fully saturated rings. The van der Waals surface area contributed by atoms with Crippen LogP contribution >= 0.6 is 0 Å². The van der Waals surface area contributed by atoms with E-state index in [0.717, 1.165) is 0 Å². The first kappa shape index (κ1) is 14.0. The summed E-state index contributed by atoms with van der Waals surface area (Å²) < 4.78 is 6.63. The van der Waals surface area contributed by atoms with Crippen molar-refractivity contribution in [3.8, 4) is 0 Å².